The first-order valence-corrected chi connectivity index (χ1v) is 15.7. The zero-order valence-corrected chi connectivity index (χ0v) is 26.5. The van der Waals surface area contributed by atoms with Gasteiger partial charge in [0.15, 0.2) is 11.6 Å². The predicted molar refractivity (Wildman–Crippen MR) is 168 cm³/mol. The summed E-state index contributed by atoms with van der Waals surface area (Å²) in [7, 11) is 3.80. The number of nitrogens with one attached hydrogen (secondary N) is 1. The van der Waals surface area contributed by atoms with Crippen LogP contribution in [0.1, 0.15) is 37.2 Å². The van der Waals surface area contributed by atoms with E-state index in [1.165, 1.54) is 12.1 Å². The number of hydrogen-bond donors (Lipinski definition) is 1. The third kappa shape index (κ3) is 7.15. The first-order chi connectivity index (χ1) is 21.7. The minimum Gasteiger partial charge on any atom is -0.453 e. The van der Waals surface area contributed by atoms with E-state index in [9.17, 15) is 9.18 Å². The predicted octanol–water partition coefficient (Wildman–Crippen LogP) is 4.28. The van der Waals surface area contributed by atoms with Crippen LogP contribution in [0.5, 0.6) is 11.5 Å². The minimum atomic E-state index is -0.350. The van der Waals surface area contributed by atoms with Crippen molar-refractivity contribution in [2.45, 2.75) is 37.5 Å². The van der Waals surface area contributed by atoms with E-state index in [4.69, 9.17) is 19.2 Å². The van der Waals surface area contributed by atoms with E-state index in [1.807, 2.05) is 36.9 Å². The number of nitrogens with zero attached hydrogens (tertiary/aromatic N) is 7. The molecule has 234 valence electrons. The number of likely N-dealkylation sites (N-methyl/N-ethyl adjacent to an activating group) is 1. The van der Waals surface area contributed by atoms with Gasteiger partial charge in [0.05, 0.1) is 24.0 Å². The van der Waals surface area contributed by atoms with Gasteiger partial charge in [-0.25, -0.2) is 24.3 Å². The fraction of sp³-hybridized carbons (Fsp3) is 0.375. The van der Waals surface area contributed by atoms with Crippen LogP contribution in [0, 0.1) is 18.7 Å². The van der Waals surface area contributed by atoms with Gasteiger partial charge in [0.25, 0.3) is 5.55 Å². The van der Waals surface area contributed by atoms with Crippen molar-refractivity contribution in [2.24, 2.45) is 10.9 Å². The van der Waals surface area contributed by atoms with Gasteiger partial charge in [0.2, 0.25) is 5.91 Å². The second-order valence-electron chi connectivity index (χ2n) is 11.5. The summed E-state index contributed by atoms with van der Waals surface area (Å²) >= 11 is 1.57. The molecule has 45 heavy (non-hydrogen) atoms. The Kier molecular flexibility index (Phi) is 9.08. The van der Waals surface area contributed by atoms with Gasteiger partial charge >= 0.3 is 0 Å². The number of halogens is 1. The highest BCUT2D eigenvalue weighted by atomic mass is 32.2. The van der Waals surface area contributed by atoms with Gasteiger partial charge in [0.1, 0.15) is 23.2 Å². The number of amides is 1. The van der Waals surface area contributed by atoms with E-state index < -0.39 is 0 Å². The van der Waals surface area contributed by atoms with Gasteiger partial charge in [-0.15, -0.1) is 0 Å². The van der Waals surface area contributed by atoms with Crippen molar-refractivity contribution >= 4 is 34.2 Å². The van der Waals surface area contributed by atoms with E-state index in [1.54, 1.807) is 42.4 Å². The molecule has 6 rings (SSSR count). The second-order valence-corrected chi connectivity index (χ2v) is 12.7. The van der Waals surface area contributed by atoms with Crippen LogP contribution < -0.4 is 20.8 Å². The summed E-state index contributed by atoms with van der Waals surface area (Å²) in [5.74, 6) is 2.78. The van der Waals surface area contributed by atoms with Crippen LogP contribution in [0.25, 0.3) is 4.91 Å². The molecule has 1 N–H and O–H groups in total. The van der Waals surface area contributed by atoms with Crippen LogP contribution in [-0.2, 0) is 4.79 Å². The van der Waals surface area contributed by atoms with Gasteiger partial charge in [-0.1, -0.05) is 23.8 Å². The second kappa shape index (κ2) is 13.3. The van der Waals surface area contributed by atoms with Gasteiger partial charge < -0.3 is 24.4 Å². The molecule has 0 radical (unpaired) electrons. The van der Waals surface area contributed by atoms with Crippen LogP contribution in [-0.4, -0.2) is 76.1 Å². The van der Waals surface area contributed by atoms with Crippen molar-refractivity contribution in [3.05, 3.63) is 76.9 Å². The number of carbonyl (C=O) groups is 1. The highest BCUT2D eigenvalue weighted by Crippen LogP contribution is 2.38. The number of anilines is 2. The monoisotopic (exact) mass is 630 g/mol. The first-order valence-electron chi connectivity index (χ1n) is 14.9. The molecule has 1 fully saturated rings. The molecular weight excluding hydrogens is 595 g/mol. The molecule has 13 heteroatoms. The number of hydrogen-bond acceptors (Lipinski definition) is 11. The molecule has 1 atom stereocenters. The molecule has 1 unspecified atom stereocenters. The number of aromatic nitrogens is 4. The molecule has 0 bridgehead atoms. The fourth-order valence-electron chi connectivity index (χ4n) is 5.38. The van der Waals surface area contributed by atoms with Crippen molar-refractivity contribution in [3.8, 4) is 11.5 Å². The summed E-state index contributed by atoms with van der Waals surface area (Å²) in [6.45, 7) is 6.40. The molecule has 2 aliphatic heterocycles. The van der Waals surface area contributed by atoms with Gasteiger partial charge in [-0.3, -0.25) is 4.79 Å². The molecule has 0 saturated carbocycles. The van der Waals surface area contributed by atoms with E-state index in [0.29, 0.717) is 54.9 Å². The quantitative estimate of drug-likeness (QED) is 0.287. The summed E-state index contributed by atoms with van der Waals surface area (Å²) in [6.07, 6.45) is 5.10. The molecule has 5 heterocycles. The zero-order valence-electron chi connectivity index (χ0n) is 25.7. The molecule has 3 aromatic heterocycles. The number of likely N-dealkylation sites (tertiary alicyclic amines) is 1. The highest BCUT2D eigenvalue weighted by molar-refractivity contribution is 8.08. The Balaban J connectivity index is 1.25. The fourth-order valence-corrected chi connectivity index (χ4v) is 6.52. The normalized spacial score (nSPS) is 16.8. The zero-order chi connectivity index (χ0) is 31.5. The van der Waals surface area contributed by atoms with Crippen molar-refractivity contribution < 1.29 is 18.4 Å². The Morgan fingerprint density at radius 3 is 2.71 bits per heavy atom. The largest absolute Gasteiger partial charge is 0.453 e. The lowest BCUT2D eigenvalue weighted by Gasteiger charge is -2.32. The topological polar surface area (TPSA) is 122 Å². The Bertz CT molecular complexity index is 1810. The highest BCUT2D eigenvalue weighted by Gasteiger charge is 2.26. The maximum atomic E-state index is 13.6. The Hall–Kier alpha value is -4.36. The molecule has 0 aliphatic carbocycles. The van der Waals surface area contributed by atoms with Crippen molar-refractivity contribution in [3.63, 3.8) is 0 Å². The third-order valence-electron chi connectivity index (χ3n) is 7.73. The SMILES string of the molecule is Cc1noc2c1=C(Sc1cnc(Nc3ccnc(C4CCN(C(=O)CN(C)C)CC4)n3)c(Oc3ccc(F)cc3)c1)C(C)CN=2. The maximum absolute atomic E-state index is 13.6. The number of fused-ring (bicyclic) bond motifs is 1. The number of aryl methyl sites for hydroxylation is 1. The third-order valence-corrected chi connectivity index (χ3v) is 9.01. The molecule has 2 aliphatic rings. The molecule has 11 nitrogen and oxygen atoms in total. The van der Waals surface area contributed by atoms with E-state index >= 15 is 0 Å². The van der Waals surface area contributed by atoms with Gasteiger partial charge in [-0.2, -0.15) is 0 Å². The van der Waals surface area contributed by atoms with E-state index in [0.717, 1.165) is 39.4 Å². The minimum absolute atomic E-state index is 0.138. The Morgan fingerprint density at radius 1 is 1.18 bits per heavy atom. The van der Waals surface area contributed by atoms with Crippen molar-refractivity contribution in [1.29, 1.82) is 0 Å². The maximum Gasteiger partial charge on any atom is 0.254 e. The lowest BCUT2D eigenvalue weighted by molar-refractivity contribution is -0.132. The number of rotatable bonds is 9. The van der Waals surface area contributed by atoms with Crippen LogP contribution in [0.2, 0.25) is 0 Å². The number of benzene rings is 1. The molecule has 1 aromatic carbocycles. The summed E-state index contributed by atoms with van der Waals surface area (Å²) < 4.78 is 25.3. The number of pyridine rings is 1. The average Bonchev–Trinajstić information content (AvgIpc) is 3.41. The van der Waals surface area contributed by atoms with Crippen LogP contribution in [0.4, 0.5) is 16.0 Å². The summed E-state index contributed by atoms with van der Waals surface area (Å²) in [5, 5.41) is 8.34. The lowest BCUT2D eigenvalue weighted by atomic mass is 9.96. The first kappa shape index (κ1) is 30.7. The van der Waals surface area contributed by atoms with E-state index in [2.05, 4.69) is 27.4 Å². The van der Waals surface area contributed by atoms with Crippen molar-refractivity contribution in [1.82, 2.24) is 29.9 Å². The summed E-state index contributed by atoms with van der Waals surface area (Å²) in [5.41, 5.74) is 1.34. The van der Waals surface area contributed by atoms with Crippen molar-refractivity contribution in [2.75, 3.05) is 45.6 Å². The number of ether oxygens (including phenoxy) is 1. The van der Waals surface area contributed by atoms with Crippen LogP contribution >= 0.6 is 11.8 Å². The van der Waals surface area contributed by atoms with Crippen LogP contribution in [0.3, 0.4) is 0 Å². The Labute approximate surface area is 264 Å². The summed E-state index contributed by atoms with van der Waals surface area (Å²) in [6, 6.07) is 9.53. The number of thioether (sulfide) groups is 1. The average molecular weight is 631 g/mol. The van der Waals surface area contributed by atoms with Gasteiger partial charge in [0, 0.05) is 53.2 Å². The molecule has 0 spiro atoms. The molecular formula is C32H35FN8O3S. The number of carbonyl (C=O) groups excluding carboxylic acids is 1. The lowest BCUT2D eigenvalue weighted by Crippen LogP contribution is -2.42. The Morgan fingerprint density at radius 2 is 1.96 bits per heavy atom. The molecule has 1 amide bonds. The van der Waals surface area contributed by atoms with Gasteiger partial charge in [-0.05, 0) is 64.2 Å². The smallest absolute Gasteiger partial charge is 0.254 e. The van der Waals surface area contributed by atoms with E-state index in [-0.39, 0.29) is 23.6 Å². The number of piperidine rings is 1. The summed E-state index contributed by atoms with van der Waals surface area (Å²) in [4.78, 5) is 36.8. The standard InChI is InChI=1S/C32H35FN8O3S/c1-19-16-36-32-28(20(2)39-44-32)29(19)45-24-15-25(43-23-7-5-22(33)6-8-23)31(35-17-24)38-26-9-12-34-30(37-26)21-10-13-41(14-11-21)27(42)18-40(3)4/h5-9,12,15,17,19,21H,10-11,13-14,16,18H2,1-4H3,(H,34,35,37,38). The van der Waals surface area contributed by atoms with Crippen LogP contribution in [0.15, 0.2) is 63.2 Å². The molecule has 1 saturated heterocycles. The molecule has 4 aromatic rings.